The molecule has 0 amide bonds. The smallest absolute Gasteiger partial charge is 0.319 e. The van der Waals surface area contributed by atoms with Crippen LogP contribution in [0.1, 0.15) is 5.69 Å². The Hall–Kier alpha value is -2.80. The minimum atomic E-state index is 0. The van der Waals surface area contributed by atoms with Gasteiger partial charge in [0.1, 0.15) is 0 Å². The minimum Gasteiger partial charge on any atom is -0.319 e. The topological polar surface area (TPSA) is 38.7 Å². The molecule has 0 unspecified atom stereocenters. The Morgan fingerprint density at radius 1 is 0.649 bits per heavy atom. The van der Waals surface area contributed by atoms with Gasteiger partial charge < -0.3 is 9.97 Å². The molecule has 0 aliphatic heterocycles. The van der Waals surface area contributed by atoms with Crippen molar-refractivity contribution in [3.8, 4) is 21.1 Å². The molecule has 0 aliphatic rings. The molecule has 7 heteroatoms. The summed E-state index contributed by atoms with van der Waals surface area (Å²) in [7, 11) is 0. The molecule has 0 bridgehead atoms. The number of pyridine rings is 3. The molecule has 0 N–H and O–H groups in total. The second-order valence-electron chi connectivity index (χ2n) is 6.91. The fourth-order valence-electron chi connectivity index (χ4n) is 2.57. The molecule has 186 valence electrons. The molecule has 3 nitrogen and oxygen atoms in total. The van der Waals surface area contributed by atoms with Crippen molar-refractivity contribution in [1.29, 1.82) is 0 Å². The van der Waals surface area contributed by atoms with Crippen molar-refractivity contribution in [3.63, 3.8) is 0 Å². The summed E-state index contributed by atoms with van der Waals surface area (Å²) in [6, 6.07) is 38.2. The van der Waals surface area contributed by atoms with Crippen LogP contribution in [0.2, 0.25) is 0 Å². The number of thiophene rings is 2. The van der Waals surface area contributed by atoms with E-state index < -0.39 is 0 Å². The number of nitrogens with zero attached hydrogens (tertiary/aromatic N) is 3. The van der Waals surface area contributed by atoms with E-state index in [1.54, 1.807) is 41.3 Å². The van der Waals surface area contributed by atoms with E-state index in [1.807, 2.05) is 109 Å². The molecular formula is C30H23BrIrN3S2. The van der Waals surface area contributed by atoms with Crippen molar-refractivity contribution in [1.82, 2.24) is 15.0 Å². The maximum absolute atomic E-state index is 4.20. The van der Waals surface area contributed by atoms with E-state index in [2.05, 4.69) is 49.1 Å². The van der Waals surface area contributed by atoms with Crippen LogP contribution in [-0.4, -0.2) is 15.0 Å². The van der Waals surface area contributed by atoms with Gasteiger partial charge in [0.2, 0.25) is 0 Å². The van der Waals surface area contributed by atoms with Crippen LogP contribution in [0.15, 0.2) is 125 Å². The Kier molecular flexibility index (Phi) is 15.2. The largest absolute Gasteiger partial charge is 3.00 e. The van der Waals surface area contributed by atoms with Crippen LogP contribution >= 0.6 is 38.6 Å². The Morgan fingerprint density at radius 3 is 1.46 bits per heavy atom. The summed E-state index contributed by atoms with van der Waals surface area (Å²) < 4.78 is 1.08. The predicted molar refractivity (Wildman–Crippen MR) is 155 cm³/mol. The second-order valence-corrected chi connectivity index (χ2v) is 9.66. The molecule has 5 aromatic heterocycles. The number of benzene rings is 1. The average Bonchev–Trinajstić information content (AvgIpc) is 3.67. The van der Waals surface area contributed by atoms with Gasteiger partial charge >= 0.3 is 20.1 Å². The minimum absolute atomic E-state index is 0. The van der Waals surface area contributed by atoms with Gasteiger partial charge in [-0.05, 0) is 42.6 Å². The molecule has 0 radical (unpaired) electrons. The van der Waals surface area contributed by atoms with Gasteiger partial charge in [-0.25, -0.2) is 22.7 Å². The van der Waals surface area contributed by atoms with Gasteiger partial charge in [-0.2, -0.15) is 54.6 Å². The molecule has 0 saturated carbocycles. The van der Waals surface area contributed by atoms with Crippen molar-refractivity contribution in [2.45, 2.75) is 6.92 Å². The van der Waals surface area contributed by atoms with Crippen LogP contribution in [0.25, 0.3) is 21.1 Å². The number of rotatable bonds is 2. The first-order valence-electron chi connectivity index (χ1n) is 10.9. The van der Waals surface area contributed by atoms with Crippen molar-refractivity contribution in [2.75, 3.05) is 0 Å². The number of hydrogen-bond acceptors (Lipinski definition) is 5. The van der Waals surface area contributed by atoms with Crippen molar-refractivity contribution < 1.29 is 20.1 Å². The molecule has 37 heavy (non-hydrogen) atoms. The van der Waals surface area contributed by atoms with Gasteiger partial charge in [-0.1, -0.05) is 44.6 Å². The number of aryl methyl sites for hydroxylation is 1. The Morgan fingerprint density at radius 2 is 1.19 bits per heavy atom. The van der Waals surface area contributed by atoms with Gasteiger partial charge in [0.05, 0.1) is 0 Å². The first-order chi connectivity index (χ1) is 17.7. The van der Waals surface area contributed by atoms with Crippen LogP contribution < -0.4 is 0 Å². The van der Waals surface area contributed by atoms with E-state index in [0.29, 0.717) is 0 Å². The summed E-state index contributed by atoms with van der Waals surface area (Å²) in [4.78, 5) is 14.6. The molecule has 0 saturated heterocycles. The molecule has 5 heterocycles. The first-order valence-corrected chi connectivity index (χ1v) is 13.5. The van der Waals surface area contributed by atoms with Crippen LogP contribution in [0.3, 0.4) is 0 Å². The van der Waals surface area contributed by atoms with Gasteiger partial charge in [0.25, 0.3) is 0 Å². The normalized spacial score (nSPS) is 9.14. The fourth-order valence-corrected chi connectivity index (χ4v) is 4.16. The SMILES string of the molecule is Brc1c[c-]ccc1.Cc1ccccn1.[Ir+3].[c-]1ccsc1-c1ccccn1.[c-]1ccsc1-c1ccccn1. The third-order valence-electron chi connectivity index (χ3n) is 4.21. The molecule has 0 spiro atoms. The Balaban J connectivity index is 0.000000176. The Labute approximate surface area is 248 Å². The standard InChI is InChI=1S/2C9H6NS.C6H4Br.C6H7N.Ir/c2*1-2-6-10-8(4-1)9-5-3-7-11-9;7-6-4-2-1-3-5-6;1-6-4-2-3-5-7-6;/h2*1-4,6-7H;1-2,4-5H;2-5H,1H3;/q3*-1;;+3. The third kappa shape index (κ3) is 12.3. The number of aromatic nitrogens is 3. The van der Waals surface area contributed by atoms with Gasteiger partial charge in [0, 0.05) is 24.3 Å². The molecule has 6 aromatic rings. The summed E-state index contributed by atoms with van der Waals surface area (Å²) in [6.07, 6.45) is 5.38. The van der Waals surface area contributed by atoms with E-state index in [0.717, 1.165) is 31.3 Å². The van der Waals surface area contributed by atoms with Crippen molar-refractivity contribution in [2.24, 2.45) is 0 Å². The molecule has 6 rings (SSSR count). The van der Waals surface area contributed by atoms with E-state index >= 15 is 0 Å². The molecule has 0 aliphatic carbocycles. The molecule has 1 aromatic carbocycles. The molecule has 0 fully saturated rings. The Bertz CT molecular complexity index is 1210. The maximum atomic E-state index is 4.20. The summed E-state index contributed by atoms with van der Waals surface area (Å²) in [5.41, 5.74) is 3.08. The van der Waals surface area contributed by atoms with Gasteiger partial charge in [-0.3, -0.25) is 4.98 Å². The summed E-state index contributed by atoms with van der Waals surface area (Å²) in [5, 5.41) is 4.01. The fraction of sp³-hybridized carbons (Fsp3) is 0.0333. The van der Waals surface area contributed by atoms with Crippen LogP contribution in [-0.2, 0) is 20.1 Å². The van der Waals surface area contributed by atoms with Gasteiger partial charge in [-0.15, -0.1) is 26.7 Å². The van der Waals surface area contributed by atoms with Crippen LogP contribution in [0.4, 0.5) is 0 Å². The third-order valence-corrected chi connectivity index (χ3v) is 6.38. The second kappa shape index (κ2) is 18.4. The monoisotopic (exact) mass is 761 g/mol. The molecule has 0 atom stereocenters. The molecular weight excluding hydrogens is 739 g/mol. The van der Waals surface area contributed by atoms with E-state index in [4.69, 9.17) is 0 Å². The zero-order valence-corrected chi connectivity index (χ0v) is 25.5. The quantitative estimate of drug-likeness (QED) is 0.166. The van der Waals surface area contributed by atoms with E-state index in [9.17, 15) is 0 Å². The van der Waals surface area contributed by atoms with Crippen LogP contribution in [0, 0.1) is 25.1 Å². The van der Waals surface area contributed by atoms with Gasteiger partial charge in [0.15, 0.2) is 0 Å². The first kappa shape index (κ1) is 30.4. The summed E-state index contributed by atoms with van der Waals surface area (Å²) >= 11 is 6.60. The van der Waals surface area contributed by atoms with E-state index in [1.165, 1.54) is 0 Å². The van der Waals surface area contributed by atoms with Crippen molar-refractivity contribution in [3.05, 3.63) is 149 Å². The van der Waals surface area contributed by atoms with Crippen molar-refractivity contribution >= 4 is 38.6 Å². The van der Waals surface area contributed by atoms with Crippen LogP contribution in [0.5, 0.6) is 0 Å². The zero-order chi connectivity index (χ0) is 25.3. The summed E-state index contributed by atoms with van der Waals surface area (Å²) in [6.45, 7) is 1.97. The zero-order valence-electron chi connectivity index (χ0n) is 19.9. The number of halogens is 1. The summed E-state index contributed by atoms with van der Waals surface area (Å²) in [5.74, 6) is 0. The van der Waals surface area contributed by atoms with E-state index in [-0.39, 0.29) is 20.1 Å². The maximum Gasteiger partial charge on any atom is 3.00 e. The number of hydrogen-bond donors (Lipinski definition) is 0. The average molecular weight is 762 g/mol. The predicted octanol–water partition coefficient (Wildman–Crippen LogP) is 8.86.